The summed E-state index contributed by atoms with van der Waals surface area (Å²) in [7, 11) is 0. The summed E-state index contributed by atoms with van der Waals surface area (Å²) in [6.07, 6.45) is 0. The van der Waals surface area contributed by atoms with E-state index in [1.54, 1.807) is 0 Å². The van der Waals surface area contributed by atoms with Gasteiger partial charge in [0.15, 0.2) is 5.11 Å². The van der Waals surface area contributed by atoms with Crippen LogP contribution < -0.4 is 5.73 Å². The lowest BCUT2D eigenvalue weighted by molar-refractivity contribution is -0.133. The Kier molecular flexibility index (Phi) is 11.1. The van der Waals surface area contributed by atoms with Gasteiger partial charge in [-0.15, -0.1) is 0 Å². The second-order valence-corrected chi connectivity index (χ2v) is 2.80. The molecule has 0 fully saturated rings. The Morgan fingerprint density at radius 1 is 1.54 bits per heavy atom. The monoisotopic (exact) mass is 224 g/mol. The molecule has 0 aliphatic heterocycles. The lowest BCUT2D eigenvalue weighted by Crippen LogP contribution is -2.34. The summed E-state index contributed by atoms with van der Waals surface area (Å²) in [5.74, 6) is -0.965. The van der Waals surface area contributed by atoms with Gasteiger partial charge in [0, 0.05) is 13.1 Å². The zero-order valence-corrected chi connectivity index (χ0v) is 9.57. The van der Waals surface area contributed by atoms with E-state index >= 15 is 0 Å². The van der Waals surface area contributed by atoms with Crippen molar-refractivity contribution >= 4 is 35.9 Å². The number of thiocarbonyl (C=S) groups is 1. The van der Waals surface area contributed by atoms with Gasteiger partial charge < -0.3 is 15.7 Å². The summed E-state index contributed by atoms with van der Waals surface area (Å²) in [5.41, 5.74) is 5.32. The highest BCUT2D eigenvalue weighted by Crippen LogP contribution is 1.83. The quantitative estimate of drug-likeness (QED) is 0.483. The molecule has 0 rings (SSSR count). The molecule has 0 spiro atoms. The van der Waals surface area contributed by atoms with Crippen LogP contribution in [0, 0.1) is 0 Å². The molecular weight excluding hydrogens is 208 g/mol. The van der Waals surface area contributed by atoms with Crippen molar-refractivity contribution in [2.75, 3.05) is 18.8 Å². The van der Waals surface area contributed by atoms with Gasteiger partial charge in [-0.05, 0) is 26.1 Å². The van der Waals surface area contributed by atoms with Crippen LogP contribution in [-0.4, -0.2) is 39.9 Å². The van der Waals surface area contributed by atoms with E-state index in [2.05, 4.69) is 12.6 Å². The minimum atomic E-state index is -0.881. The number of nitrogens with two attached hydrogens (primary N) is 1. The molecule has 0 bridgehead atoms. The molecule has 0 radical (unpaired) electrons. The van der Waals surface area contributed by atoms with Crippen LogP contribution >= 0.6 is 24.8 Å². The molecule has 0 aliphatic carbocycles. The smallest absolute Gasteiger partial charge is 0.313 e. The van der Waals surface area contributed by atoms with Gasteiger partial charge in [0.25, 0.3) is 0 Å². The maximum atomic E-state index is 9.29. The fourth-order valence-corrected chi connectivity index (χ4v) is 0.793. The Hall–Kier alpha value is -0.490. The summed E-state index contributed by atoms with van der Waals surface area (Å²) < 4.78 is 0. The first kappa shape index (κ1) is 15.0. The summed E-state index contributed by atoms with van der Waals surface area (Å²) in [6.45, 7) is 5.88. The van der Waals surface area contributed by atoms with Gasteiger partial charge >= 0.3 is 5.97 Å². The van der Waals surface area contributed by atoms with E-state index in [9.17, 15) is 4.79 Å². The molecule has 0 heterocycles. The minimum Gasteiger partial charge on any atom is -0.481 e. The van der Waals surface area contributed by atoms with Gasteiger partial charge in [-0.2, -0.15) is 12.6 Å². The fraction of sp³-hybridized carbons (Fsp3) is 0.714. The maximum Gasteiger partial charge on any atom is 0.313 e. The number of carboxylic acid groups (broad SMARTS) is 1. The van der Waals surface area contributed by atoms with Crippen LogP contribution in [0.3, 0.4) is 0 Å². The maximum absolute atomic E-state index is 9.29. The molecule has 0 amide bonds. The zero-order chi connectivity index (χ0) is 10.9. The normalized spacial score (nSPS) is 8.23. The third kappa shape index (κ3) is 11.5. The highest BCUT2D eigenvalue weighted by molar-refractivity contribution is 7.81. The Labute approximate surface area is 89.5 Å². The zero-order valence-electron chi connectivity index (χ0n) is 7.86. The summed E-state index contributed by atoms with van der Waals surface area (Å²) in [6, 6.07) is 0. The highest BCUT2D eigenvalue weighted by atomic mass is 32.1. The lowest BCUT2D eigenvalue weighted by Gasteiger charge is -2.17. The first-order chi connectivity index (χ1) is 5.99. The van der Waals surface area contributed by atoms with Crippen LogP contribution in [0.1, 0.15) is 13.8 Å². The molecule has 0 aromatic rings. The third-order valence-corrected chi connectivity index (χ3v) is 1.74. The van der Waals surface area contributed by atoms with Crippen LogP contribution in [0.4, 0.5) is 0 Å². The van der Waals surface area contributed by atoms with Crippen molar-refractivity contribution in [2.45, 2.75) is 13.8 Å². The average Bonchev–Trinajstić information content (AvgIpc) is 2.07. The Morgan fingerprint density at radius 3 is 1.85 bits per heavy atom. The molecule has 0 saturated carbocycles. The van der Waals surface area contributed by atoms with E-state index in [0.717, 1.165) is 13.1 Å². The van der Waals surface area contributed by atoms with Crippen molar-refractivity contribution < 1.29 is 9.90 Å². The molecule has 3 N–H and O–H groups in total. The van der Waals surface area contributed by atoms with Crippen molar-refractivity contribution in [3.63, 3.8) is 0 Å². The van der Waals surface area contributed by atoms with Crippen LogP contribution in [0.2, 0.25) is 0 Å². The number of hydrogen-bond donors (Lipinski definition) is 3. The topological polar surface area (TPSA) is 66.6 Å². The molecule has 78 valence electrons. The average molecular weight is 224 g/mol. The van der Waals surface area contributed by atoms with Gasteiger partial charge in [-0.1, -0.05) is 0 Å². The van der Waals surface area contributed by atoms with E-state index in [-0.39, 0.29) is 5.75 Å². The van der Waals surface area contributed by atoms with Crippen LogP contribution in [0.25, 0.3) is 0 Å². The Balaban J connectivity index is 0. The predicted molar refractivity (Wildman–Crippen MR) is 61.2 cm³/mol. The molecule has 0 aliphatic rings. The summed E-state index contributed by atoms with van der Waals surface area (Å²) in [5, 5.41) is 8.14. The lowest BCUT2D eigenvalue weighted by atomic mass is 10.6. The molecule has 0 saturated heterocycles. The molecule has 0 aromatic heterocycles. The number of carboxylic acids is 1. The molecule has 0 aromatic carbocycles. The molecular formula is C7H16N2O2S2. The summed E-state index contributed by atoms with van der Waals surface area (Å²) >= 11 is 8.13. The number of rotatable bonds is 3. The van der Waals surface area contributed by atoms with E-state index in [1.807, 2.05) is 18.7 Å². The third-order valence-electron chi connectivity index (χ3n) is 1.21. The number of nitrogens with zero attached hydrogens (tertiary/aromatic N) is 1. The van der Waals surface area contributed by atoms with Gasteiger partial charge in [0.2, 0.25) is 0 Å². The number of hydrogen-bond acceptors (Lipinski definition) is 3. The van der Waals surface area contributed by atoms with Gasteiger partial charge in [0.05, 0.1) is 5.75 Å². The highest BCUT2D eigenvalue weighted by Gasteiger charge is 1.95. The molecule has 4 nitrogen and oxygen atoms in total. The first-order valence-electron chi connectivity index (χ1n) is 3.86. The van der Waals surface area contributed by atoms with E-state index < -0.39 is 5.97 Å². The first-order valence-corrected chi connectivity index (χ1v) is 4.90. The minimum absolute atomic E-state index is 0.0833. The second kappa shape index (κ2) is 9.60. The van der Waals surface area contributed by atoms with Crippen LogP contribution in [0.15, 0.2) is 0 Å². The largest absolute Gasteiger partial charge is 0.481 e. The number of carbonyl (C=O) groups is 1. The second-order valence-electron chi connectivity index (χ2n) is 2.06. The molecule has 0 atom stereocenters. The number of aliphatic carboxylic acids is 1. The summed E-state index contributed by atoms with van der Waals surface area (Å²) in [4.78, 5) is 11.2. The van der Waals surface area contributed by atoms with Gasteiger partial charge in [-0.3, -0.25) is 4.79 Å². The number of thiol groups is 1. The van der Waals surface area contributed by atoms with Gasteiger partial charge in [0.1, 0.15) is 0 Å². The molecule has 6 heteroatoms. The predicted octanol–water partition coefficient (Wildman–Crippen LogP) is 0.573. The van der Waals surface area contributed by atoms with E-state index in [4.69, 9.17) is 23.1 Å². The van der Waals surface area contributed by atoms with E-state index in [0.29, 0.717) is 5.11 Å². The van der Waals surface area contributed by atoms with Gasteiger partial charge in [-0.25, -0.2) is 0 Å². The van der Waals surface area contributed by atoms with Crippen molar-refractivity contribution in [2.24, 2.45) is 5.73 Å². The molecule has 13 heavy (non-hydrogen) atoms. The van der Waals surface area contributed by atoms with Crippen molar-refractivity contribution in [3.05, 3.63) is 0 Å². The van der Waals surface area contributed by atoms with Crippen LogP contribution in [-0.2, 0) is 4.79 Å². The standard InChI is InChI=1S/C5H12N2S.C2H4O2S/c1-3-7(4-2)5(6)8;3-2(4)1-5/h3-4H2,1-2H3,(H2,6,8);5H,1H2,(H,3,4). The Bertz CT molecular complexity index is 161. The van der Waals surface area contributed by atoms with Crippen molar-refractivity contribution in [3.8, 4) is 0 Å². The Morgan fingerprint density at radius 2 is 1.85 bits per heavy atom. The van der Waals surface area contributed by atoms with E-state index in [1.165, 1.54) is 0 Å². The SMILES string of the molecule is CCN(CC)C(N)=S.O=C(O)CS. The molecule has 0 unspecified atom stereocenters. The fourth-order valence-electron chi connectivity index (χ4n) is 0.535. The van der Waals surface area contributed by atoms with Crippen molar-refractivity contribution in [1.82, 2.24) is 4.90 Å². The van der Waals surface area contributed by atoms with Crippen molar-refractivity contribution in [1.29, 1.82) is 0 Å². The van der Waals surface area contributed by atoms with Crippen LogP contribution in [0.5, 0.6) is 0 Å².